The highest BCUT2D eigenvalue weighted by Crippen LogP contribution is 2.19. The van der Waals surface area contributed by atoms with Crippen molar-refractivity contribution in [2.75, 3.05) is 13.2 Å². The third kappa shape index (κ3) is 63.0. The first-order valence-electron chi connectivity index (χ1n) is 34.7. The molecule has 0 heterocycles. The summed E-state index contributed by atoms with van der Waals surface area (Å²) in [6.45, 7) is 6.66. The normalized spacial score (nSPS) is 12.0. The second-order valence-corrected chi connectivity index (χ2v) is 23.8. The summed E-state index contributed by atoms with van der Waals surface area (Å²) >= 11 is 0. The molecule has 1 unspecified atom stereocenters. The van der Waals surface area contributed by atoms with E-state index < -0.39 is 6.10 Å². The molecule has 0 aliphatic heterocycles. The number of unbranched alkanes of at least 4 members (excludes halogenated alkanes) is 52. The van der Waals surface area contributed by atoms with Crippen molar-refractivity contribution in [2.24, 2.45) is 0 Å². The molecule has 6 nitrogen and oxygen atoms in total. The number of allylic oxidation sites excluding steroid dienone is 2. The Morgan fingerprint density at radius 1 is 0.250 bits per heavy atom. The van der Waals surface area contributed by atoms with Crippen molar-refractivity contribution in [1.29, 1.82) is 0 Å². The third-order valence-electron chi connectivity index (χ3n) is 16.0. The zero-order valence-electron chi connectivity index (χ0n) is 51.8. The molecule has 0 saturated heterocycles. The van der Waals surface area contributed by atoms with Crippen LogP contribution in [-0.2, 0) is 28.6 Å². The van der Waals surface area contributed by atoms with E-state index in [1.54, 1.807) is 0 Å². The molecule has 0 aromatic heterocycles. The van der Waals surface area contributed by atoms with E-state index in [1.807, 2.05) is 0 Å². The lowest BCUT2D eigenvalue weighted by atomic mass is 10.0. The first-order chi connectivity index (χ1) is 37.5. The molecule has 0 aromatic rings. The third-order valence-corrected chi connectivity index (χ3v) is 16.0. The van der Waals surface area contributed by atoms with Crippen LogP contribution in [0.3, 0.4) is 0 Å². The van der Waals surface area contributed by atoms with E-state index in [0.29, 0.717) is 19.3 Å². The first-order valence-corrected chi connectivity index (χ1v) is 34.7. The number of ether oxygens (including phenoxy) is 3. The van der Waals surface area contributed by atoms with Crippen LogP contribution in [0.1, 0.15) is 400 Å². The number of esters is 3. The van der Waals surface area contributed by atoms with Gasteiger partial charge in [0.15, 0.2) is 6.10 Å². The largest absolute Gasteiger partial charge is 0.462 e. The monoisotopic (exact) mass is 1070 g/mol. The minimum atomic E-state index is -0.768. The maximum Gasteiger partial charge on any atom is 0.306 e. The molecule has 0 fully saturated rings. The van der Waals surface area contributed by atoms with Gasteiger partial charge in [-0.15, -0.1) is 0 Å². The quantitative estimate of drug-likeness (QED) is 0.0261. The fraction of sp³-hybridized carbons (Fsp3) is 0.929. The van der Waals surface area contributed by atoms with Gasteiger partial charge in [0.25, 0.3) is 0 Å². The van der Waals surface area contributed by atoms with Crippen molar-refractivity contribution in [3.63, 3.8) is 0 Å². The molecule has 0 radical (unpaired) electrons. The highest BCUT2D eigenvalue weighted by molar-refractivity contribution is 5.71. The Balaban J connectivity index is 3.89. The van der Waals surface area contributed by atoms with Gasteiger partial charge >= 0.3 is 17.9 Å². The molecule has 0 aliphatic carbocycles. The molecule has 0 spiro atoms. The van der Waals surface area contributed by atoms with Gasteiger partial charge in [-0.3, -0.25) is 14.4 Å². The molecule has 0 bridgehead atoms. The lowest BCUT2D eigenvalue weighted by molar-refractivity contribution is -0.167. The molecule has 76 heavy (non-hydrogen) atoms. The predicted molar refractivity (Wildman–Crippen MR) is 330 cm³/mol. The summed E-state index contributed by atoms with van der Waals surface area (Å²) in [7, 11) is 0. The number of carbonyl (C=O) groups is 3. The molecule has 6 heteroatoms. The van der Waals surface area contributed by atoms with Crippen LogP contribution >= 0.6 is 0 Å². The van der Waals surface area contributed by atoms with Crippen LogP contribution in [0.4, 0.5) is 0 Å². The summed E-state index contributed by atoms with van der Waals surface area (Å²) in [5.41, 5.74) is 0. The summed E-state index contributed by atoms with van der Waals surface area (Å²) < 4.78 is 16.8. The van der Waals surface area contributed by atoms with E-state index in [2.05, 4.69) is 32.9 Å². The Kier molecular flexibility index (Phi) is 64.1. The average Bonchev–Trinajstić information content (AvgIpc) is 3.42. The minimum Gasteiger partial charge on any atom is -0.462 e. The van der Waals surface area contributed by atoms with E-state index in [1.165, 1.54) is 295 Å². The topological polar surface area (TPSA) is 78.9 Å². The predicted octanol–water partition coefficient (Wildman–Crippen LogP) is 23.6. The molecule has 0 amide bonds. The van der Waals surface area contributed by atoms with E-state index in [0.717, 1.165) is 64.2 Å². The van der Waals surface area contributed by atoms with Crippen molar-refractivity contribution < 1.29 is 28.6 Å². The molecule has 0 aromatic carbocycles. The number of hydrogen-bond acceptors (Lipinski definition) is 6. The maximum absolute atomic E-state index is 12.8. The fourth-order valence-electron chi connectivity index (χ4n) is 10.8. The lowest BCUT2D eigenvalue weighted by Crippen LogP contribution is -2.30. The molecule has 0 saturated carbocycles. The second kappa shape index (κ2) is 65.7. The van der Waals surface area contributed by atoms with Gasteiger partial charge in [0.05, 0.1) is 0 Å². The highest BCUT2D eigenvalue weighted by atomic mass is 16.6. The van der Waals surface area contributed by atoms with Crippen LogP contribution in [0.15, 0.2) is 12.2 Å². The Hall–Kier alpha value is -1.85. The van der Waals surface area contributed by atoms with Gasteiger partial charge in [0.2, 0.25) is 0 Å². The summed E-state index contributed by atoms with van der Waals surface area (Å²) in [6.07, 6.45) is 78.7. The maximum atomic E-state index is 12.8. The van der Waals surface area contributed by atoms with E-state index in [-0.39, 0.29) is 31.1 Å². The van der Waals surface area contributed by atoms with Crippen LogP contribution in [0.25, 0.3) is 0 Å². The smallest absolute Gasteiger partial charge is 0.306 e. The van der Waals surface area contributed by atoms with Crippen molar-refractivity contribution in [3.05, 3.63) is 12.2 Å². The molecule has 0 aliphatic rings. The summed E-state index contributed by atoms with van der Waals surface area (Å²) in [6, 6.07) is 0. The van der Waals surface area contributed by atoms with E-state index in [9.17, 15) is 14.4 Å². The minimum absolute atomic E-state index is 0.0680. The van der Waals surface area contributed by atoms with Crippen LogP contribution in [0.5, 0.6) is 0 Å². The van der Waals surface area contributed by atoms with Crippen LogP contribution in [0.2, 0.25) is 0 Å². The van der Waals surface area contributed by atoms with Crippen LogP contribution in [0, 0.1) is 0 Å². The van der Waals surface area contributed by atoms with Gasteiger partial charge < -0.3 is 14.2 Å². The molecule has 1 atom stereocenters. The Bertz CT molecular complexity index is 1180. The van der Waals surface area contributed by atoms with Crippen molar-refractivity contribution >= 4 is 17.9 Å². The van der Waals surface area contributed by atoms with E-state index >= 15 is 0 Å². The molecular formula is C70H134O6. The average molecular weight is 1070 g/mol. The number of carbonyl (C=O) groups excluding carboxylic acids is 3. The molecule has 450 valence electrons. The number of hydrogen-bond donors (Lipinski definition) is 0. The summed E-state index contributed by atoms with van der Waals surface area (Å²) in [5.74, 6) is -0.858. The Morgan fingerprint density at radius 3 is 0.658 bits per heavy atom. The van der Waals surface area contributed by atoms with Gasteiger partial charge in [-0.2, -0.15) is 0 Å². The molecule has 0 N–H and O–H groups in total. The summed E-state index contributed by atoms with van der Waals surface area (Å²) in [4.78, 5) is 38.0. The zero-order chi connectivity index (χ0) is 55.0. The van der Waals surface area contributed by atoms with Gasteiger partial charge in [0.1, 0.15) is 13.2 Å². The van der Waals surface area contributed by atoms with Gasteiger partial charge in [-0.1, -0.05) is 348 Å². The van der Waals surface area contributed by atoms with Crippen molar-refractivity contribution in [1.82, 2.24) is 0 Å². The van der Waals surface area contributed by atoms with Crippen molar-refractivity contribution in [2.45, 2.75) is 406 Å². The van der Waals surface area contributed by atoms with Crippen LogP contribution < -0.4 is 0 Å². The first kappa shape index (κ1) is 74.2. The Labute approximate surface area is 475 Å². The summed E-state index contributed by atoms with van der Waals surface area (Å²) in [5, 5.41) is 0. The lowest BCUT2D eigenvalue weighted by Gasteiger charge is -2.18. The van der Waals surface area contributed by atoms with Gasteiger partial charge in [-0.05, 0) is 44.9 Å². The SMILES string of the molecule is CCCCCCCCC/C=C\CCCCCCCC(=O)OC(COC(=O)CCCCCCCCC)COC(=O)CCCCCCCCCCCCCCCCCCCCCCCCCCCCCCCCCCCCC. The standard InChI is InChI=1S/C70H134O6/c1-4-7-10-13-16-18-20-22-24-26-27-28-29-30-31-32-33-34-35-36-37-38-39-40-41-42-43-44-46-47-49-51-54-57-60-63-69(72)75-66-67(65-74-68(71)62-59-56-53-15-12-9-6-3)76-70(73)64-61-58-55-52-50-48-45-25-23-21-19-17-14-11-8-5-2/h25,45,67H,4-24,26-44,46-66H2,1-3H3/b45-25-. The van der Waals surface area contributed by atoms with Crippen molar-refractivity contribution in [3.8, 4) is 0 Å². The zero-order valence-corrected chi connectivity index (χ0v) is 51.8. The molecular weight excluding hydrogens is 937 g/mol. The van der Waals surface area contributed by atoms with E-state index in [4.69, 9.17) is 14.2 Å². The number of rotatable bonds is 65. The molecule has 0 rings (SSSR count). The van der Waals surface area contributed by atoms with Gasteiger partial charge in [-0.25, -0.2) is 0 Å². The second-order valence-electron chi connectivity index (χ2n) is 23.8. The Morgan fingerprint density at radius 2 is 0.434 bits per heavy atom. The van der Waals surface area contributed by atoms with Gasteiger partial charge in [0, 0.05) is 19.3 Å². The van der Waals surface area contributed by atoms with Crippen LogP contribution in [-0.4, -0.2) is 37.2 Å². The highest BCUT2D eigenvalue weighted by Gasteiger charge is 2.19. The fourth-order valence-corrected chi connectivity index (χ4v) is 10.8.